The molecule has 33 heavy (non-hydrogen) atoms. The van der Waals surface area contributed by atoms with Gasteiger partial charge in [0.15, 0.2) is 0 Å². The standard InChI is InChI=1S/C25H33N3O4S/c1-25(2,3)20-9-11-21(12-10-20)33(31,32)28-15-13-19(14-16-28)24(30)27-22(23(26)29)17-18-7-5-4-6-8-18/h4-12,19,22H,13-17H2,1-3H3,(H2,26,29)(H,27,30). The number of hydrogen-bond acceptors (Lipinski definition) is 4. The second-order valence-electron chi connectivity index (χ2n) is 9.61. The Kier molecular flexibility index (Phi) is 7.59. The molecule has 0 aromatic heterocycles. The highest BCUT2D eigenvalue weighted by Crippen LogP contribution is 2.27. The van der Waals surface area contributed by atoms with Crippen LogP contribution in [0.3, 0.4) is 0 Å². The zero-order valence-electron chi connectivity index (χ0n) is 19.5. The predicted octanol–water partition coefficient (Wildman–Crippen LogP) is 2.60. The topological polar surface area (TPSA) is 110 Å². The minimum atomic E-state index is -3.62. The molecule has 0 radical (unpaired) electrons. The lowest BCUT2D eigenvalue weighted by atomic mass is 9.87. The highest BCUT2D eigenvalue weighted by Gasteiger charge is 2.33. The van der Waals surface area contributed by atoms with Crippen molar-refractivity contribution in [3.8, 4) is 0 Å². The van der Waals surface area contributed by atoms with Gasteiger partial charge in [0.05, 0.1) is 4.90 Å². The number of primary amides is 1. The molecule has 3 rings (SSSR count). The lowest BCUT2D eigenvalue weighted by Crippen LogP contribution is -2.50. The van der Waals surface area contributed by atoms with Crippen LogP contribution in [0.4, 0.5) is 0 Å². The SMILES string of the molecule is CC(C)(C)c1ccc(S(=O)(=O)N2CCC(C(=O)NC(Cc3ccccc3)C(N)=O)CC2)cc1. The van der Waals surface area contributed by atoms with Crippen molar-refractivity contribution in [3.05, 3.63) is 65.7 Å². The average Bonchev–Trinajstić information content (AvgIpc) is 2.79. The number of hydrogen-bond donors (Lipinski definition) is 2. The molecule has 2 aromatic carbocycles. The fourth-order valence-corrected chi connectivity index (χ4v) is 5.47. The van der Waals surface area contributed by atoms with Crippen LogP contribution in [0.25, 0.3) is 0 Å². The second kappa shape index (κ2) is 10.1. The number of piperidine rings is 1. The number of nitrogens with two attached hydrogens (primary N) is 1. The smallest absolute Gasteiger partial charge is 0.243 e. The molecule has 7 nitrogen and oxygen atoms in total. The summed E-state index contributed by atoms with van der Waals surface area (Å²) in [5, 5.41) is 2.76. The van der Waals surface area contributed by atoms with Crippen molar-refractivity contribution in [2.24, 2.45) is 11.7 Å². The first-order chi connectivity index (χ1) is 15.5. The largest absolute Gasteiger partial charge is 0.368 e. The van der Waals surface area contributed by atoms with E-state index in [9.17, 15) is 18.0 Å². The van der Waals surface area contributed by atoms with E-state index in [1.165, 1.54) is 4.31 Å². The summed E-state index contributed by atoms with van der Waals surface area (Å²) in [7, 11) is -3.62. The molecule has 0 saturated carbocycles. The monoisotopic (exact) mass is 471 g/mol. The van der Waals surface area contributed by atoms with E-state index in [4.69, 9.17) is 5.73 Å². The van der Waals surface area contributed by atoms with Gasteiger partial charge in [0.2, 0.25) is 21.8 Å². The van der Waals surface area contributed by atoms with E-state index in [1.54, 1.807) is 12.1 Å². The third kappa shape index (κ3) is 6.21. The second-order valence-corrected chi connectivity index (χ2v) is 11.5. The van der Waals surface area contributed by atoms with Gasteiger partial charge in [-0.1, -0.05) is 63.2 Å². The van der Waals surface area contributed by atoms with Gasteiger partial charge in [-0.3, -0.25) is 9.59 Å². The third-order valence-corrected chi connectivity index (χ3v) is 8.04. The molecule has 3 N–H and O–H groups in total. The maximum absolute atomic E-state index is 13.1. The molecule has 1 saturated heterocycles. The number of benzene rings is 2. The molecular formula is C25H33N3O4S. The van der Waals surface area contributed by atoms with Gasteiger partial charge >= 0.3 is 0 Å². The van der Waals surface area contributed by atoms with E-state index < -0.39 is 22.0 Å². The van der Waals surface area contributed by atoms with Gasteiger partial charge in [0, 0.05) is 25.4 Å². The van der Waals surface area contributed by atoms with Crippen molar-refractivity contribution in [1.82, 2.24) is 9.62 Å². The zero-order valence-corrected chi connectivity index (χ0v) is 20.3. The van der Waals surface area contributed by atoms with Crippen LogP contribution in [-0.2, 0) is 31.4 Å². The van der Waals surface area contributed by atoms with Crippen molar-refractivity contribution < 1.29 is 18.0 Å². The quantitative estimate of drug-likeness (QED) is 0.647. The Labute approximate surface area is 196 Å². The summed E-state index contributed by atoms with van der Waals surface area (Å²) in [5.74, 6) is -1.22. The lowest BCUT2D eigenvalue weighted by molar-refractivity contribution is -0.130. The Morgan fingerprint density at radius 3 is 2.12 bits per heavy atom. The average molecular weight is 472 g/mol. The van der Waals surface area contributed by atoms with Crippen LogP contribution in [0, 0.1) is 5.92 Å². The Bertz CT molecular complexity index is 1070. The first kappa shape index (κ1) is 24.9. The highest BCUT2D eigenvalue weighted by molar-refractivity contribution is 7.89. The molecule has 0 aliphatic carbocycles. The fourth-order valence-electron chi connectivity index (χ4n) is 4.00. The molecule has 1 heterocycles. The number of rotatable bonds is 7. The summed E-state index contributed by atoms with van der Waals surface area (Å²) >= 11 is 0. The van der Waals surface area contributed by atoms with E-state index in [-0.39, 0.29) is 35.2 Å². The van der Waals surface area contributed by atoms with Crippen molar-refractivity contribution in [1.29, 1.82) is 0 Å². The highest BCUT2D eigenvalue weighted by atomic mass is 32.2. The minimum Gasteiger partial charge on any atom is -0.368 e. The third-order valence-electron chi connectivity index (χ3n) is 6.13. The summed E-state index contributed by atoms with van der Waals surface area (Å²) in [6.07, 6.45) is 1.10. The molecule has 1 unspecified atom stereocenters. The molecule has 8 heteroatoms. The zero-order chi connectivity index (χ0) is 24.2. The Morgan fingerprint density at radius 1 is 1.03 bits per heavy atom. The number of nitrogens with one attached hydrogen (secondary N) is 1. The van der Waals surface area contributed by atoms with E-state index in [0.29, 0.717) is 19.3 Å². The van der Waals surface area contributed by atoms with Crippen LogP contribution in [-0.4, -0.2) is 43.7 Å². The van der Waals surface area contributed by atoms with E-state index >= 15 is 0 Å². The summed E-state index contributed by atoms with van der Waals surface area (Å²) in [6, 6.07) is 15.5. The summed E-state index contributed by atoms with van der Waals surface area (Å²) < 4.78 is 27.5. The first-order valence-electron chi connectivity index (χ1n) is 11.2. The Morgan fingerprint density at radius 2 is 1.61 bits per heavy atom. The van der Waals surface area contributed by atoms with E-state index in [2.05, 4.69) is 26.1 Å². The molecule has 0 bridgehead atoms. The van der Waals surface area contributed by atoms with Gasteiger partial charge in [0.1, 0.15) is 6.04 Å². The Hall–Kier alpha value is -2.71. The number of carbonyl (C=O) groups is 2. The maximum Gasteiger partial charge on any atom is 0.243 e. The van der Waals surface area contributed by atoms with Crippen LogP contribution < -0.4 is 11.1 Å². The lowest BCUT2D eigenvalue weighted by Gasteiger charge is -2.31. The summed E-state index contributed by atoms with van der Waals surface area (Å²) in [5.41, 5.74) is 7.41. The molecule has 1 atom stereocenters. The van der Waals surface area contributed by atoms with Gasteiger partial charge in [-0.15, -0.1) is 0 Å². The molecule has 2 aromatic rings. The van der Waals surface area contributed by atoms with Crippen molar-refractivity contribution >= 4 is 21.8 Å². The first-order valence-corrected chi connectivity index (χ1v) is 12.7. The fraction of sp³-hybridized carbons (Fsp3) is 0.440. The van der Waals surface area contributed by atoms with Gasteiger partial charge < -0.3 is 11.1 Å². The molecule has 1 aliphatic heterocycles. The van der Waals surface area contributed by atoms with Crippen molar-refractivity contribution in [3.63, 3.8) is 0 Å². The van der Waals surface area contributed by atoms with E-state index in [0.717, 1.165) is 11.1 Å². The molecule has 2 amide bonds. The van der Waals surface area contributed by atoms with Gasteiger partial charge in [-0.05, 0) is 41.5 Å². The van der Waals surface area contributed by atoms with Crippen molar-refractivity contribution in [2.45, 2.75) is 56.4 Å². The van der Waals surface area contributed by atoms with Crippen LogP contribution in [0.15, 0.2) is 59.5 Å². The number of nitrogens with zero attached hydrogens (tertiary/aromatic N) is 1. The Balaban J connectivity index is 1.60. The maximum atomic E-state index is 13.1. The van der Waals surface area contributed by atoms with Gasteiger partial charge in [0.25, 0.3) is 0 Å². The van der Waals surface area contributed by atoms with Gasteiger partial charge in [-0.25, -0.2) is 8.42 Å². The van der Waals surface area contributed by atoms with Crippen LogP contribution in [0.2, 0.25) is 0 Å². The predicted molar refractivity (Wildman–Crippen MR) is 128 cm³/mol. The molecule has 178 valence electrons. The molecular weight excluding hydrogens is 438 g/mol. The number of carbonyl (C=O) groups excluding carboxylic acids is 2. The molecule has 0 spiro atoms. The van der Waals surface area contributed by atoms with Crippen LogP contribution >= 0.6 is 0 Å². The van der Waals surface area contributed by atoms with E-state index in [1.807, 2.05) is 42.5 Å². The summed E-state index contributed by atoms with van der Waals surface area (Å²) in [4.78, 5) is 24.9. The molecule has 1 aliphatic rings. The van der Waals surface area contributed by atoms with Crippen molar-refractivity contribution in [2.75, 3.05) is 13.1 Å². The number of amides is 2. The number of sulfonamides is 1. The van der Waals surface area contributed by atoms with Crippen LogP contribution in [0.5, 0.6) is 0 Å². The summed E-state index contributed by atoms with van der Waals surface area (Å²) in [6.45, 7) is 6.74. The van der Waals surface area contributed by atoms with Crippen LogP contribution in [0.1, 0.15) is 44.7 Å². The van der Waals surface area contributed by atoms with Gasteiger partial charge in [-0.2, -0.15) is 4.31 Å². The normalized spacial score (nSPS) is 16.8. The molecule has 1 fully saturated rings. The minimum absolute atomic E-state index is 0.0583.